The summed E-state index contributed by atoms with van der Waals surface area (Å²) in [6.07, 6.45) is 2.02. The van der Waals surface area contributed by atoms with Crippen LogP contribution in [-0.4, -0.2) is 38.7 Å². The fourth-order valence-electron chi connectivity index (χ4n) is 1.63. The third-order valence-corrected chi connectivity index (χ3v) is 3.29. The maximum atomic E-state index is 5.33. The van der Waals surface area contributed by atoms with Crippen LogP contribution >= 0.6 is 11.8 Å². The molecule has 1 aliphatic rings. The first-order valence-electron chi connectivity index (χ1n) is 5.29. The number of rotatable bonds is 3. The van der Waals surface area contributed by atoms with Gasteiger partial charge in [-0.3, -0.25) is 0 Å². The molecule has 5 nitrogen and oxygen atoms in total. The molecule has 0 bridgehead atoms. The summed E-state index contributed by atoms with van der Waals surface area (Å²) in [5, 5.41) is 13.3. The van der Waals surface area contributed by atoms with Crippen LogP contribution in [0.5, 0.6) is 0 Å². The van der Waals surface area contributed by atoms with E-state index >= 15 is 0 Å². The molecule has 0 saturated carbocycles. The van der Waals surface area contributed by atoms with Crippen molar-refractivity contribution in [2.45, 2.75) is 43.1 Å². The predicted octanol–water partition coefficient (Wildman–Crippen LogP) is 1.53. The third-order valence-electron chi connectivity index (χ3n) is 2.34. The van der Waals surface area contributed by atoms with Gasteiger partial charge < -0.3 is 4.74 Å². The lowest BCUT2D eigenvalue weighted by Gasteiger charge is -2.22. The largest absolute Gasteiger partial charge is 0.381 e. The van der Waals surface area contributed by atoms with Gasteiger partial charge in [0.2, 0.25) is 5.16 Å². The van der Waals surface area contributed by atoms with Crippen molar-refractivity contribution in [1.29, 1.82) is 0 Å². The van der Waals surface area contributed by atoms with Gasteiger partial charge in [-0.25, -0.2) is 4.68 Å². The zero-order valence-corrected chi connectivity index (χ0v) is 9.90. The molecule has 0 aromatic carbocycles. The topological polar surface area (TPSA) is 52.8 Å². The van der Waals surface area contributed by atoms with Gasteiger partial charge in [0, 0.05) is 18.5 Å². The fourth-order valence-corrected chi connectivity index (χ4v) is 2.43. The Labute approximate surface area is 93.6 Å². The first kappa shape index (κ1) is 10.9. The second-order valence-corrected chi connectivity index (χ2v) is 5.46. The van der Waals surface area contributed by atoms with Crippen LogP contribution in [0.2, 0.25) is 0 Å². The summed E-state index contributed by atoms with van der Waals surface area (Å²) in [5.41, 5.74) is 0. The lowest BCUT2D eigenvalue weighted by atomic mass is 10.1. The fraction of sp³-hybridized carbons (Fsp3) is 0.889. The smallest absolute Gasteiger partial charge is 0.209 e. The van der Waals surface area contributed by atoms with Gasteiger partial charge in [-0.15, -0.1) is 5.10 Å². The van der Waals surface area contributed by atoms with Crippen LogP contribution in [0.4, 0.5) is 0 Å². The van der Waals surface area contributed by atoms with Crippen LogP contribution in [0.15, 0.2) is 5.16 Å². The van der Waals surface area contributed by atoms with Gasteiger partial charge in [0.1, 0.15) is 0 Å². The zero-order chi connectivity index (χ0) is 10.7. The minimum Gasteiger partial charge on any atom is -0.381 e. The molecule has 1 saturated heterocycles. The number of hydrogen-bond acceptors (Lipinski definition) is 5. The van der Waals surface area contributed by atoms with Gasteiger partial charge in [0.05, 0.1) is 6.04 Å². The van der Waals surface area contributed by atoms with Gasteiger partial charge >= 0.3 is 0 Å². The summed E-state index contributed by atoms with van der Waals surface area (Å²) in [6, 6.07) is 0.412. The van der Waals surface area contributed by atoms with Crippen molar-refractivity contribution in [1.82, 2.24) is 20.2 Å². The first-order chi connectivity index (χ1) is 7.27. The van der Waals surface area contributed by atoms with Gasteiger partial charge in [-0.05, 0) is 23.3 Å². The number of aromatic nitrogens is 4. The van der Waals surface area contributed by atoms with E-state index in [-0.39, 0.29) is 0 Å². The Morgan fingerprint density at radius 3 is 2.80 bits per heavy atom. The van der Waals surface area contributed by atoms with Gasteiger partial charge in [0.25, 0.3) is 0 Å². The Bertz CT molecular complexity index is 309. The summed E-state index contributed by atoms with van der Waals surface area (Å²) in [5.74, 6) is 0. The molecule has 15 heavy (non-hydrogen) atoms. The SMILES string of the molecule is CC(C)Sc1nnnn1C1CCOCC1. The molecular formula is C9H16N4OS. The average molecular weight is 228 g/mol. The molecule has 2 heterocycles. The molecule has 84 valence electrons. The summed E-state index contributed by atoms with van der Waals surface area (Å²) >= 11 is 1.71. The third kappa shape index (κ3) is 2.69. The monoisotopic (exact) mass is 228 g/mol. The Balaban J connectivity index is 2.09. The van der Waals surface area contributed by atoms with Gasteiger partial charge in [0.15, 0.2) is 0 Å². The van der Waals surface area contributed by atoms with Crippen LogP contribution in [0.3, 0.4) is 0 Å². The summed E-state index contributed by atoms with van der Waals surface area (Å²) < 4.78 is 7.28. The van der Waals surface area contributed by atoms with Gasteiger partial charge in [-0.2, -0.15) is 0 Å². The Morgan fingerprint density at radius 1 is 1.40 bits per heavy atom. The maximum Gasteiger partial charge on any atom is 0.209 e. The van der Waals surface area contributed by atoms with Crippen molar-refractivity contribution in [3.05, 3.63) is 0 Å². The lowest BCUT2D eigenvalue weighted by Crippen LogP contribution is -2.21. The zero-order valence-electron chi connectivity index (χ0n) is 9.09. The minimum absolute atomic E-state index is 0.412. The van der Waals surface area contributed by atoms with E-state index in [4.69, 9.17) is 4.74 Å². The molecule has 2 rings (SSSR count). The molecule has 1 aromatic rings. The number of thioether (sulfide) groups is 1. The normalized spacial score (nSPS) is 18.6. The van der Waals surface area contributed by atoms with Crippen molar-refractivity contribution in [3.63, 3.8) is 0 Å². The van der Waals surface area contributed by atoms with E-state index < -0.39 is 0 Å². The highest BCUT2D eigenvalue weighted by atomic mass is 32.2. The minimum atomic E-state index is 0.412. The first-order valence-corrected chi connectivity index (χ1v) is 6.17. The molecule has 1 fully saturated rings. The highest BCUT2D eigenvalue weighted by molar-refractivity contribution is 7.99. The van der Waals surface area contributed by atoms with Crippen LogP contribution in [-0.2, 0) is 4.74 Å². The van der Waals surface area contributed by atoms with Crippen molar-refractivity contribution in [2.75, 3.05) is 13.2 Å². The number of hydrogen-bond donors (Lipinski definition) is 0. The van der Waals surface area contributed by atoms with Crippen LogP contribution in [0.25, 0.3) is 0 Å². The van der Waals surface area contributed by atoms with Crippen molar-refractivity contribution < 1.29 is 4.74 Å². The highest BCUT2D eigenvalue weighted by Gasteiger charge is 2.20. The van der Waals surface area contributed by atoms with Crippen LogP contribution in [0.1, 0.15) is 32.7 Å². The number of ether oxygens (including phenoxy) is 1. The maximum absolute atomic E-state index is 5.33. The van der Waals surface area contributed by atoms with Crippen LogP contribution in [0, 0.1) is 0 Å². The summed E-state index contributed by atoms with van der Waals surface area (Å²) in [4.78, 5) is 0. The Morgan fingerprint density at radius 2 is 2.13 bits per heavy atom. The van der Waals surface area contributed by atoms with Crippen molar-refractivity contribution in [2.24, 2.45) is 0 Å². The summed E-state index contributed by atoms with van der Waals surface area (Å²) in [6.45, 7) is 5.92. The van der Waals surface area contributed by atoms with Crippen molar-refractivity contribution in [3.8, 4) is 0 Å². The second-order valence-electron chi connectivity index (χ2n) is 3.92. The summed E-state index contributed by atoms with van der Waals surface area (Å²) in [7, 11) is 0. The molecule has 0 spiro atoms. The van der Waals surface area contributed by atoms with Crippen molar-refractivity contribution >= 4 is 11.8 Å². The van der Waals surface area contributed by atoms with E-state index in [1.54, 1.807) is 11.8 Å². The Kier molecular flexibility index (Phi) is 3.58. The van der Waals surface area contributed by atoms with E-state index in [0.717, 1.165) is 31.2 Å². The molecule has 6 heteroatoms. The quantitative estimate of drug-likeness (QED) is 0.734. The lowest BCUT2D eigenvalue weighted by molar-refractivity contribution is 0.0631. The second kappa shape index (κ2) is 4.94. The highest BCUT2D eigenvalue weighted by Crippen LogP contribution is 2.26. The number of nitrogens with zero attached hydrogens (tertiary/aromatic N) is 4. The average Bonchev–Trinajstić information content (AvgIpc) is 2.66. The molecule has 0 amide bonds. The van der Waals surface area contributed by atoms with E-state index in [1.165, 1.54) is 0 Å². The molecular weight excluding hydrogens is 212 g/mol. The van der Waals surface area contributed by atoms with Gasteiger partial charge in [-0.1, -0.05) is 25.6 Å². The molecule has 0 N–H and O–H groups in total. The Hall–Kier alpha value is -0.620. The van der Waals surface area contributed by atoms with E-state index in [1.807, 2.05) is 4.68 Å². The molecule has 1 aromatic heterocycles. The standard InChI is InChI=1S/C9H16N4OS/c1-7(2)15-9-10-11-12-13(9)8-3-5-14-6-4-8/h7-8H,3-6H2,1-2H3. The molecule has 0 atom stereocenters. The van der Waals surface area contributed by atoms with E-state index in [9.17, 15) is 0 Å². The predicted molar refractivity (Wildman–Crippen MR) is 57.9 cm³/mol. The molecule has 1 aliphatic heterocycles. The van der Waals surface area contributed by atoms with E-state index in [2.05, 4.69) is 29.4 Å². The van der Waals surface area contributed by atoms with Crippen LogP contribution < -0.4 is 0 Å². The molecule has 0 aliphatic carbocycles. The van der Waals surface area contributed by atoms with E-state index in [0.29, 0.717) is 11.3 Å². The number of tetrazole rings is 1. The molecule has 0 radical (unpaired) electrons. The molecule has 0 unspecified atom stereocenters.